The summed E-state index contributed by atoms with van der Waals surface area (Å²) < 4.78 is 36.5. The van der Waals surface area contributed by atoms with Gasteiger partial charge < -0.3 is 14.2 Å². The third-order valence-corrected chi connectivity index (χ3v) is 13.7. The van der Waals surface area contributed by atoms with E-state index < -0.39 is 21.5 Å². The molecule has 1 N–H and O–H groups in total. The van der Waals surface area contributed by atoms with E-state index in [-0.39, 0.29) is 17.4 Å². The molecule has 4 fully saturated rings. The highest BCUT2D eigenvalue weighted by molar-refractivity contribution is 7.87. The van der Waals surface area contributed by atoms with E-state index in [4.69, 9.17) is 4.74 Å². The third-order valence-electron chi connectivity index (χ3n) is 12.3. The maximum absolute atomic E-state index is 15.0. The molecular formula is C38H49N5O5S. The summed E-state index contributed by atoms with van der Waals surface area (Å²) in [5, 5.41) is 1.08. The Labute approximate surface area is 289 Å². The van der Waals surface area contributed by atoms with E-state index in [2.05, 4.69) is 45.1 Å². The Kier molecular flexibility index (Phi) is 7.92. The Morgan fingerprint density at radius 2 is 1.69 bits per heavy atom. The minimum Gasteiger partial charge on any atom is -0.497 e. The fourth-order valence-electron chi connectivity index (χ4n) is 9.95. The second kappa shape index (κ2) is 11.8. The quantitative estimate of drug-likeness (QED) is 0.354. The van der Waals surface area contributed by atoms with E-state index in [9.17, 15) is 13.2 Å². The molecule has 8 rings (SSSR count). The average Bonchev–Trinajstić information content (AvgIpc) is 3.67. The lowest BCUT2D eigenvalue weighted by Crippen LogP contribution is -2.58. The van der Waals surface area contributed by atoms with Gasteiger partial charge in [-0.1, -0.05) is 25.3 Å². The molecular weight excluding hydrogens is 639 g/mol. The molecule has 1 aromatic heterocycles. The van der Waals surface area contributed by atoms with Crippen LogP contribution in [0.15, 0.2) is 36.4 Å². The first-order chi connectivity index (χ1) is 23.4. The minimum absolute atomic E-state index is 0.0664. The summed E-state index contributed by atoms with van der Waals surface area (Å²) in [6.45, 7) is 6.59. The molecule has 11 heteroatoms. The van der Waals surface area contributed by atoms with Gasteiger partial charge in [0, 0.05) is 79.8 Å². The van der Waals surface area contributed by atoms with Crippen molar-refractivity contribution in [2.24, 2.45) is 5.41 Å². The summed E-state index contributed by atoms with van der Waals surface area (Å²) in [5.74, 6) is 0.790. The van der Waals surface area contributed by atoms with Crippen molar-refractivity contribution < 1.29 is 22.7 Å². The van der Waals surface area contributed by atoms with E-state index in [1.807, 2.05) is 18.2 Å². The lowest BCUT2D eigenvalue weighted by atomic mass is 9.81. The van der Waals surface area contributed by atoms with E-state index in [1.54, 1.807) is 13.2 Å². The number of amides is 2. The highest BCUT2D eigenvalue weighted by Crippen LogP contribution is 2.66. The van der Waals surface area contributed by atoms with Gasteiger partial charge >= 0.3 is 10.2 Å². The molecule has 3 aliphatic heterocycles. The molecule has 2 aromatic carbocycles. The molecule has 2 bridgehead atoms. The number of hydrogen-bond donors (Lipinski definition) is 1. The molecule has 4 atom stereocenters. The molecule has 10 nitrogen and oxygen atoms in total. The molecule has 4 heterocycles. The van der Waals surface area contributed by atoms with Gasteiger partial charge in [-0.25, -0.2) is 4.72 Å². The first-order valence-electron chi connectivity index (χ1n) is 18.1. The lowest BCUT2D eigenvalue weighted by Gasteiger charge is -2.44. The number of benzene rings is 2. The Bertz CT molecular complexity index is 1930. The van der Waals surface area contributed by atoms with Gasteiger partial charge in [-0.3, -0.25) is 14.5 Å². The number of nitrogens with one attached hydrogen (secondary N) is 1. The Hall–Kier alpha value is -3.41. The van der Waals surface area contributed by atoms with Crippen LogP contribution in [-0.4, -0.2) is 91.3 Å². The maximum atomic E-state index is 15.0. The number of likely N-dealkylation sites (tertiary alicyclic amines) is 1. The number of aromatic nitrogens is 1. The largest absolute Gasteiger partial charge is 0.497 e. The van der Waals surface area contributed by atoms with Crippen LogP contribution in [0.4, 0.5) is 0 Å². The van der Waals surface area contributed by atoms with Crippen LogP contribution < -0.4 is 9.46 Å². The van der Waals surface area contributed by atoms with Crippen LogP contribution in [0.2, 0.25) is 0 Å². The van der Waals surface area contributed by atoms with Crippen LogP contribution in [0.3, 0.4) is 0 Å². The molecule has 5 aliphatic rings. The van der Waals surface area contributed by atoms with E-state index in [0.717, 1.165) is 77.4 Å². The van der Waals surface area contributed by atoms with Crippen LogP contribution in [0.1, 0.15) is 98.5 Å². The molecule has 49 heavy (non-hydrogen) atoms. The Balaban J connectivity index is 1.28. The summed E-state index contributed by atoms with van der Waals surface area (Å²) in [4.78, 5) is 33.2. The van der Waals surface area contributed by atoms with Crippen LogP contribution in [0, 0.1) is 5.41 Å². The fourth-order valence-corrected chi connectivity index (χ4v) is 10.5. The normalized spacial score (nSPS) is 26.8. The van der Waals surface area contributed by atoms with E-state index >= 15 is 4.79 Å². The van der Waals surface area contributed by atoms with E-state index in [0.29, 0.717) is 30.6 Å². The molecule has 0 radical (unpaired) electrons. The van der Waals surface area contributed by atoms with Gasteiger partial charge in [-0.15, -0.1) is 0 Å². The summed E-state index contributed by atoms with van der Waals surface area (Å²) in [6.07, 6.45) is 8.80. The molecule has 2 saturated heterocycles. The highest BCUT2D eigenvalue weighted by atomic mass is 32.2. The molecule has 2 amide bonds. The molecule has 3 aromatic rings. The lowest BCUT2D eigenvalue weighted by molar-refractivity contribution is -0.141. The van der Waals surface area contributed by atoms with Gasteiger partial charge in [0.25, 0.3) is 5.91 Å². The maximum Gasteiger partial charge on any atom is 0.303 e. The van der Waals surface area contributed by atoms with Gasteiger partial charge in [0.15, 0.2) is 0 Å². The van der Waals surface area contributed by atoms with Crippen molar-refractivity contribution in [3.63, 3.8) is 0 Å². The number of piperazine rings is 1. The smallest absolute Gasteiger partial charge is 0.303 e. The van der Waals surface area contributed by atoms with Crippen LogP contribution in [0.5, 0.6) is 5.75 Å². The van der Waals surface area contributed by atoms with Gasteiger partial charge in [0.1, 0.15) is 5.75 Å². The number of rotatable bonds is 7. The minimum atomic E-state index is -3.97. The number of fused-ring (bicyclic) bond motifs is 9. The standard InChI is InChI=1S/C38H49N5O5S/c1-23(2)43-26-12-13-27(43)21-41(20-26)37(45)38-19-32(38)31-18-28(48-5)14-16-29(31)35-34(24-9-7-6-8-10-24)30-15-11-25(17-33(30)42(35)22-38)36(44)39-49(46,47)40(3)4/h11,14-18,23-24,26-27,32H,6-10,12-13,19-22H2,1-5H3,(H,39,44). The fraction of sp³-hybridized carbons (Fsp3) is 0.579. The monoisotopic (exact) mass is 687 g/mol. The van der Waals surface area contributed by atoms with Crippen LogP contribution in [0.25, 0.3) is 22.2 Å². The van der Waals surface area contributed by atoms with Gasteiger partial charge in [0.05, 0.1) is 18.2 Å². The van der Waals surface area contributed by atoms with Crippen molar-refractivity contribution in [1.82, 2.24) is 23.4 Å². The molecule has 2 saturated carbocycles. The zero-order valence-corrected chi connectivity index (χ0v) is 30.2. The number of methoxy groups -OCH3 is 1. The van der Waals surface area contributed by atoms with Gasteiger partial charge in [-0.2, -0.15) is 12.7 Å². The third kappa shape index (κ3) is 5.21. The van der Waals surface area contributed by atoms with Crippen molar-refractivity contribution >= 4 is 32.9 Å². The molecule has 262 valence electrons. The summed E-state index contributed by atoms with van der Waals surface area (Å²) in [5.41, 5.74) is 5.31. The van der Waals surface area contributed by atoms with Crippen molar-refractivity contribution in [3.05, 3.63) is 53.1 Å². The summed E-state index contributed by atoms with van der Waals surface area (Å²) in [6, 6.07) is 13.2. The van der Waals surface area contributed by atoms with E-state index in [1.165, 1.54) is 44.5 Å². The zero-order valence-electron chi connectivity index (χ0n) is 29.4. The number of nitrogens with zero attached hydrogens (tertiary/aromatic N) is 4. The highest BCUT2D eigenvalue weighted by Gasteiger charge is 2.64. The first kappa shape index (κ1) is 32.8. The van der Waals surface area contributed by atoms with Crippen LogP contribution in [-0.2, 0) is 21.5 Å². The molecule has 4 unspecified atom stereocenters. The van der Waals surface area contributed by atoms with Gasteiger partial charge in [0.2, 0.25) is 5.91 Å². The number of hydrogen-bond acceptors (Lipinski definition) is 6. The predicted octanol–water partition coefficient (Wildman–Crippen LogP) is 5.47. The van der Waals surface area contributed by atoms with Crippen molar-refractivity contribution in [2.75, 3.05) is 34.3 Å². The Morgan fingerprint density at radius 1 is 0.980 bits per heavy atom. The van der Waals surface area contributed by atoms with Crippen molar-refractivity contribution in [3.8, 4) is 17.0 Å². The SMILES string of the molecule is COc1ccc2c(c1)C1CC1(C(=O)N1CC3CCC(C1)N3C(C)C)Cn1c-2c(C2CCCCC2)c2ccc(C(=O)NS(=O)(=O)N(C)C)cc21. The second-order valence-electron chi connectivity index (χ2n) is 15.6. The molecule has 0 spiro atoms. The topological polar surface area (TPSA) is 104 Å². The zero-order chi connectivity index (χ0) is 34.4. The number of carbonyl (C=O) groups excluding carboxylic acids is 2. The predicted molar refractivity (Wildman–Crippen MR) is 190 cm³/mol. The van der Waals surface area contributed by atoms with Crippen LogP contribution >= 0.6 is 0 Å². The summed E-state index contributed by atoms with van der Waals surface area (Å²) in [7, 11) is 0.516. The summed E-state index contributed by atoms with van der Waals surface area (Å²) >= 11 is 0. The van der Waals surface area contributed by atoms with Crippen molar-refractivity contribution in [2.45, 2.75) is 102 Å². The Morgan fingerprint density at radius 3 is 2.35 bits per heavy atom. The molecule has 2 aliphatic carbocycles. The average molecular weight is 688 g/mol. The number of carbonyl (C=O) groups is 2. The number of ether oxygens (including phenoxy) is 1. The second-order valence-corrected chi connectivity index (χ2v) is 17.5. The first-order valence-corrected chi connectivity index (χ1v) is 19.5. The van der Waals surface area contributed by atoms with Gasteiger partial charge in [-0.05, 0) is 93.3 Å². The van der Waals surface area contributed by atoms with Crippen molar-refractivity contribution in [1.29, 1.82) is 0 Å².